The van der Waals surface area contributed by atoms with Crippen LogP contribution >= 0.6 is 0 Å². The smallest absolute Gasteiger partial charge is 0.339 e. The molecule has 1 atom stereocenters. The number of aromatic carboxylic acids is 1. The predicted octanol–water partition coefficient (Wildman–Crippen LogP) is 2.04. The third-order valence-electron chi connectivity index (χ3n) is 3.62. The van der Waals surface area contributed by atoms with E-state index in [1.165, 1.54) is 6.07 Å². The van der Waals surface area contributed by atoms with Gasteiger partial charge in [-0.15, -0.1) is 0 Å². The molecule has 0 aromatic heterocycles. The van der Waals surface area contributed by atoms with Crippen molar-refractivity contribution in [3.8, 4) is 5.75 Å². The second kappa shape index (κ2) is 10.3. The quantitative estimate of drug-likeness (QED) is 0.304. The third-order valence-corrected chi connectivity index (χ3v) is 3.62. The molecule has 0 aliphatic rings. The number of carbonyl (C=O) groups is 3. The lowest BCUT2D eigenvalue weighted by atomic mass is 10.1. The van der Waals surface area contributed by atoms with Gasteiger partial charge in [0.25, 0.3) is 0 Å². The molecule has 0 fully saturated rings. The van der Waals surface area contributed by atoms with Gasteiger partial charge in [-0.25, -0.2) is 4.79 Å². The molecule has 1 amide bonds. The number of hydrogen-bond acceptors (Lipinski definition) is 5. The van der Waals surface area contributed by atoms with E-state index in [4.69, 9.17) is 5.11 Å². The largest absolute Gasteiger partial charge is 0.507 e. The molecule has 0 saturated heterocycles. The third kappa shape index (κ3) is 7.21. The molecule has 8 nitrogen and oxygen atoms in total. The van der Waals surface area contributed by atoms with Gasteiger partial charge in [-0.1, -0.05) is 26.2 Å². The summed E-state index contributed by atoms with van der Waals surface area (Å²) in [7, 11) is 0. The number of amides is 1. The van der Waals surface area contributed by atoms with Gasteiger partial charge in [0.15, 0.2) is 0 Å². The van der Waals surface area contributed by atoms with Crippen LogP contribution in [0, 0.1) is 0 Å². The van der Waals surface area contributed by atoms with Crippen LogP contribution in [0.5, 0.6) is 5.75 Å². The highest BCUT2D eigenvalue weighted by Gasteiger charge is 2.21. The molecule has 1 aromatic rings. The molecular weight excluding hydrogens is 328 g/mol. The van der Waals surface area contributed by atoms with E-state index in [1.54, 1.807) is 0 Å². The SMILES string of the molecule is CCCCCCN[C@@H](CC(=O)Nc1ccc(O)c(C(=O)O)c1)C(=O)O. The average molecular weight is 352 g/mol. The summed E-state index contributed by atoms with van der Waals surface area (Å²) >= 11 is 0. The fourth-order valence-electron chi connectivity index (χ4n) is 2.26. The highest BCUT2D eigenvalue weighted by Crippen LogP contribution is 2.21. The van der Waals surface area contributed by atoms with E-state index in [-0.39, 0.29) is 17.7 Å². The van der Waals surface area contributed by atoms with Crippen molar-refractivity contribution in [2.24, 2.45) is 0 Å². The van der Waals surface area contributed by atoms with Crippen LogP contribution in [0.2, 0.25) is 0 Å². The maximum absolute atomic E-state index is 12.0. The zero-order valence-corrected chi connectivity index (χ0v) is 14.1. The number of hydrogen-bond donors (Lipinski definition) is 5. The summed E-state index contributed by atoms with van der Waals surface area (Å²) in [6.07, 6.45) is 3.70. The zero-order valence-electron chi connectivity index (χ0n) is 14.1. The first-order valence-electron chi connectivity index (χ1n) is 8.17. The van der Waals surface area contributed by atoms with E-state index < -0.39 is 29.6 Å². The summed E-state index contributed by atoms with van der Waals surface area (Å²) in [5.41, 5.74) is -0.172. The summed E-state index contributed by atoms with van der Waals surface area (Å²) in [6.45, 7) is 2.59. The number of aromatic hydroxyl groups is 1. The van der Waals surface area contributed by atoms with Gasteiger partial charge in [-0.05, 0) is 31.2 Å². The number of unbranched alkanes of at least 4 members (excludes halogenated alkanes) is 3. The van der Waals surface area contributed by atoms with Gasteiger partial charge in [-0.2, -0.15) is 0 Å². The standard InChI is InChI=1S/C17H24N2O6/c1-2-3-4-5-8-18-13(17(24)25)10-15(21)19-11-6-7-14(20)12(9-11)16(22)23/h6-7,9,13,18,20H,2-5,8,10H2,1H3,(H,19,21)(H,22,23)(H,24,25)/t13-/m0/s1. The summed E-state index contributed by atoms with van der Waals surface area (Å²) in [5, 5.41) is 32.8. The molecule has 1 rings (SSSR count). The van der Waals surface area contributed by atoms with E-state index in [0.29, 0.717) is 6.54 Å². The molecule has 0 bridgehead atoms. The second-order valence-corrected chi connectivity index (χ2v) is 5.69. The van der Waals surface area contributed by atoms with Crippen LogP contribution in [0.3, 0.4) is 0 Å². The van der Waals surface area contributed by atoms with Crippen LogP contribution in [0.1, 0.15) is 49.4 Å². The monoisotopic (exact) mass is 352 g/mol. The Hall–Kier alpha value is -2.61. The highest BCUT2D eigenvalue weighted by molar-refractivity contribution is 5.97. The number of aliphatic carboxylic acids is 1. The molecule has 0 spiro atoms. The van der Waals surface area contributed by atoms with E-state index >= 15 is 0 Å². The van der Waals surface area contributed by atoms with Crippen molar-refractivity contribution < 1.29 is 29.7 Å². The Balaban J connectivity index is 2.58. The molecule has 0 saturated carbocycles. The van der Waals surface area contributed by atoms with Crippen LogP contribution in [-0.4, -0.2) is 45.8 Å². The number of rotatable bonds is 11. The zero-order chi connectivity index (χ0) is 18.8. The summed E-state index contributed by atoms with van der Waals surface area (Å²) in [4.78, 5) is 34.2. The number of carbonyl (C=O) groups excluding carboxylic acids is 1. The molecular formula is C17H24N2O6. The average Bonchev–Trinajstić information content (AvgIpc) is 2.54. The van der Waals surface area contributed by atoms with Gasteiger partial charge in [0, 0.05) is 5.69 Å². The van der Waals surface area contributed by atoms with Crippen molar-refractivity contribution >= 4 is 23.5 Å². The van der Waals surface area contributed by atoms with Crippen molar-refractivity contribution in [1.82, 2.24) is 5.32 Å². The van der Waals surface area contributed by atoms with E-state index in [2.05, 4.69) is 17.6 Å². The van der Waals surface area contributed by atoms with E-state index in [0.717, 1.165) is 37.8 Å². The van der Waals surface area contributed by atoms with Crippen LogP contribution in [0.25, 0.3) is 0 Å². The van der Waals surface area contributed by atoms with Crippen LogP contribution in [0.15, 0.2) is 18.2 Å². The summed E-state index contributed by atoms with van der Waals surface area (Å²) < 4.78 is 0. The summed E-state index contributed by atoms with van der Waals surface area (Å²) in [6, 6.07) is 2.59. The molecule has 25 heavy (non-hydrogen) atoms. The van der Waals surface area contributed by atoms with Crippen molar-refractivity contribution in [3.63, 3.8) is 0 Å². The Kier molecular flexibility index (Phi) is 8.42. The molecule has 1 aromatic carbocycles. The van der Waals surface area contributed by atoms with E-state index in [1.807, 2.05) is 0 Å². The Morgan fingerprint density at radius 3 is 2.44 bits per heavy atom. The molecule has 0 unspecified atom stereocenters. The molecule has 0 aliphatic carbocycles. The Morgan fingerprint density at radius 1 is 1.12 bits per heavy atom. The van der Waals surface area contributed by atoms with Gasteiger partial charge in [0.2, 0.25) is 5.91 Å². The molecule has 0 heterocycles. The van der Waals surface area contributed by atoms with Gasteiger partial charge in [0.1, 0.15) is 17.4 Å². The summed E-state index contributed by atoms with van der Waals surface area (Å²) in [5.74, 6) is -3.42. The molecule has 8 heteroatoms. The first-order chi connectivity index (χ1) is 11.8. The number of benzene rings is 1. The van der Waals surface area contributed by atoms with Crippen molar-refractivity contribution in [3.05, 3.63) is 23.8 Å². The number of anilines is 1. The normalized spacial score (nSPS) is 11.7. The molecule has 0 aliphatic heterocycles. The van der Waals surface area contributed by atoms with Crippen LogP contribution < -0.4 is 10.6 Å². The van der Waals surface area contributed by atoms with Crippen LogP contribution in [-0.2, 0) is 9.59 Å². The van der Waals surface area contributed by atoms with Crippen molar-refractivity contribution in [1.29, 1.82) is 0 Å². The minimum absolute atomic E-state index is 0.173. The minimum atomic E-state index is -1.33. The lowest BCUT2D eigenvalue weighted by Crippen LogP contribution is -2.40. The second-order valence-electron chi connectivity index (χ2n) is 5.69. The Morgan fingerprint density at radius 2 is 1.84 bits per heavy atom. The Bertz CT molecular complexity index is 617. The van der Waals surface area contributed by atoms with Gasteiger partial charge in [-0.3, -0.25) is 9.59 Å². The minimum Gasteiger partial charge on any atom is -0.507 e. The maximum atomic E-state index is 12.0. The van der Waals surface area contributed by atoms with E-state index in [9.17, 15) is 24.6 Å². The number of carboxylic acid groups (broad SMARTS) is 2. The van der Waals surface area contributed by atoms with Crippen molar-refractivity contribution in [2.45, 2.75) is 45.1 Å². The fourth-order valence-corrected chi connectivity index (χ4v) is 2.26. The van der Waals surface area contributed by atoms with Gasteiger partial charge >= 0.3 is 11.9 Å². The van der Waals surface area contributed by atoms with Crippen LogP contribution in [0.4, 0.5) is 5.69 Å². The molecule has 5 N–H and O–H groups in total. The number of nitrogens with one attached hydrogen (secondary N) is 2. The maximum Gasteiger partial charge on any atom is 0.339 e. The van der Waals surface area contributed by atoms with Crippen molar-refractivity contribution in [2.75, 3.05) is 11.9 Å². The number of phenols is 1. The lowest BCUT2D eigenvalue weighted by Gasteiger charge is -2.14. The predicted molar refractivity (Wildman–Crippen MR) is 91.9 cm³/mol. The van der Waals surface area contributed by atoms with Gasteiger partial charge < -0.3 is 26.0 Å². The Labute approximate surface area is 145 Å². The van der Waals surface area contributed by atoms with Gasteiger partial charge in [0.05, 0.1) is 6.42 Å². The topological polar surface area (TPSA) is 136 Å². The lowest BCUT2D eigenvalue weighted by molar-refractivity contribution is -0.141. The molecule has 0 radical (unpaired) electrons. The first-order valence-corrected chi connectivity index (χ1v) is 8.17. The molecule has 138 valence electrons. The number of carboxylic acids is 2. The first kappa shape index (κ1) is 20.4. The fraction of sp³-hybridized carbons (Fsp3) is 0.471. The highest BCUT2D eigenvalue weighted by atomic mass is 16.4.